The van der Waals surface area contributed by atoms with E-state index in [1.165, 1.54) is 12.1 Å². The molecule has 3 atom stereocenters. The van der Waals surface area contributed by atoms with Crippen LogP contribution in [-0.4, -0.2) is 33.9 Å². The fourth-order valence-electron chi connectivity index (χ4n) is 2.88. The molecule has 6 nitrogen and oxygen atoms in total. The average molecular weight is 356 g/mol. The number of non-ortho nitro benzene ring substituents is 1. The normalized spacial score (nSPS) is 14.3. The zero-order valence-electron chi connectivity index (χ0n) is 15.2. The molecule has 6 heteroatoms. The van der Waals surface area contributed by atoms with Crippen LogP contribution in [0.1, 0.15) is 31.1 Å². The smallest absolute Gasteiger partial charge is 0.269 e. The Morgan fingerprint density at radius 3 is 2.23 bits per heavy atom. The highest BCUT2D eigenvalue weighted by Gasteiger charge is 2.27. The van der Waals surface area contributed by atoms with Crippen molar-refractivity contribution in [2.45, 2.75) is 32.4 Å². The SMILES string of the molecule is C[C@H](Cc1ccc([N+](=O)[O-])cc1)C(=O)N(C)[C@@H](C)[C@@H](O)c1ccccc1. The summed E-state index contributed by atoms with van der Waals surface area (Å²) in [5.41, 5.74) is 1.66. The molecule has 0 radical (unpaired) electrons. The fraction of sp³-hybridized carbons (Fsp3) is 0.350. The van der Waals surface area contributed by atoms with Crippen LogP contribution in [0.4, 0.5) is 5.69 Å². The fourth-order valence-corrected chi connectivity index (χ4v) is 2.88. The molecule has 0 aromatic heterocycles. The first-order valence-corrected chi connectivity index (χ1v) is 8.54. The van der Waals surface area contributed by atoms with E-state index in [0.717, 1.165) is 11.1 Å². The number of nitro groups is 1. The summed E-state index contributed by atoms with van der Waals surface area (Å²) >= 11 is 0. The first-order chi connectivity index (χ1) is 12.3. The van der Waals surface area contributed by atoms with Crippen molar-refractivity contribution in [1.29, 1.82) is 0 Å². The number of aliphatic hydroxyl groups is 1. The lowest BCUT2D eigenvalue weighted by Crippen LogP contribution is -2.42. The summed E-state index contributed by atoms with van der Waals surface area (Å²) in [6.07, 6.45) is -0.285. The first-order valence-electron chi connectivity index (χ1n) is 8.54. The minimum absolute atomic E-state index is 0.0319. The number of hydrogen-bond acceptors (Lipinski definition) is 4. The molecular weight excluding hydrogens is 332 g/mol. The van der Waals surface area contributed by atoms with Crippen molar-refractivity contribution in [2.24, 2.45) is 5.92 Å². The van der Waals surface area contributed by atoms with E-state index in [0.29, 0.717) is 6.42 Å². The predicted molar refractivity (Wildman–Crippen MR) is 99.6 cm³/mol. The van der Waals surface area contributed by atoms with Crippen LogP contribution in [0, 0.1) is 16.0 Å². The highest BCUT2D eigenvalue weighted by molar-refractivity contribution is 5.79. The molecule has 26 heavy (non-hydrogen) atoms. The molecule has 0 aliphatic carbocycles. The molecule has 1 N–H and O–H groups in total. The molecule has 0 saturated heterocycles. The second-order valence-electron chi connectivity index (χ2n) is 6.57. The van der Waals surface area contributed by atoms with Crippen molar-refractivity contribution >= 4 is 11.6 Å². The van der Waals surface area contributed by atoms with E-state index in [9.17, 15) is 20.0 Å². The van der Waals surface area contributed by atoms with Gasteiger partial charge in [-0.15, -0.1) is 0 Å². The molecule has 0 bridgehead atoms. The number of aliphatic hydroxyl groups excluding tert-OH is 1. The Kier molecular flexibility index (Phi) is 6.46. The zero-order chi connectivity index (χ0) is 19.3. The monoisotopic (exact) mass is 356 g/mol. The van der Waals surface area contributed by atoms with Gasteiger partial charge in [0, 0.05) is 25.1 Å². The predicted octanol–water partition coefficient (Wildman–Crippen LogP) is 3.35. The third kappa shape index (κ3) is 4.67. The minimum atomic E-state index is -0.767. The number of nitrogens with zero attached hydrogens (tertiary/aromatic N) is 2. The van der Waals surface area contributed by atoms with Crippen LogP contribution in [0.3, 0.4) is 0 Å². The molecule has 0 saturated carbocycles. The van der Waals surface area contributed by atoms with Crippen LogP contribution < -0.4 is 0 Å². The van der Waals surface area contributed by atoms with Gasteiger partial charge in [0.05, 0.1) is 17.1 Å². The molecule has 0 aliphatic heterocycles. The lowest BCUT2D eigenvalue weighted by Gasteiger charge is -2.31. The van der Waals surface area contributed by atoms with Gasteiger partial charge >= 0.3 is 0 Å². The average Bonchev–Trinajstić information content (AvgIpc) is 2.66. The summed E-state index contributed by atoms with van der Waals surface area (Å²) in [7, 11) is 1.69. The van der Waals surface area contributed by atoms with Gasteiger partial charge < -0.3 is 10.0 Å². The van der Waals surface area contributed by atoms with Crippen LogP contribution in [0.2, 0.25) is 0 Å². The molecular formula is C20H24N2O4. The van der Waals surface area contributed by atoms with Gasteiger partial charge in [-0.2, -0.15) is 0 Å². The second-order valence-corrected chi connectivity index (χ2v) is 6.57. The maximum absolute atomic E-state index is 12.7. The highest BCUT2D eigenvalue weighted by atomic mass is 16.6. The summed E-state index contributed by atoms with van der Waals surface area (Å²) < 4.78 is 0. The lowest BCUT2D eigenvalue weighted by atomic mass is 9.97. The van der Waals surface area contributed by atoms with Crippen molar-refractivity contribution in [3.05, 3.63) is 75.8 Å². The number of benzene rings is 2. The highest BCUT2D eigenvalue weighted by Crippen LogP contribution is 2.22. The van der Waals surface area contributed by atoms with Gasteiger partial charge in [-0.3, -0.25) is 14.9 Å². The lowest BCUT2D eigenvalue weighted by molar-refractivity contribution is -0.384. The first kappa shape index (κ1) is 19.6. The van der Waals surface area contributed by atoms with Gasteiger partial charge in [-0.25, -0.2) is 0 Å². The molecule has 0 unspecified atom stereocenters. The molecule has 2 aromatic carbocycles. The molecule has 0 aliphatic rings. The van der Waals surface area contributed by atoms with Crippen molar-refractivity contribution in [3.8, 4) is 0 Å². The van der Waals surface area contributed by atoms with Crippen LogP contribution in [0.25, 0.3) is 0 Å². The summed E-state index contributed by atoms with van der Waals surface area (Å²) in [6, 6.07) is 15.1. The van der Waals surface area contributed by atoms with Crippen LogP contribution in [0.5, 0.6) is 0 Å². The maximum atomic E-state index is 12.7. The Balaban J connectivity index is 2.01. The molecule has 1 amide bonds. The van der Waals surface area contributed by atoms with E-state index in [1.807, 2.05) is 44.2 Å². The number of rotatable bonds is 7. The molecule has 2 rings (SSSR count). The standard InChI is InChI=1S/C20H24N2O4/c1-14(13-16-9-11-18(12-10-16)22(25)26)20(24)21(3)15(2)19(23)17-7-5-4-6-8-17/h4-12,14-15,19,23H,13H2,1-3H3/t14-,15+,19-/m1/s1. The summed E-state index contributed by atoms with van der Waals surface area (Å²) in [5, 5.41) is 21.2. The van der Waals surface area contributed by atoms with E-state index in [1.54, 1.807) is 24.1 Å². The van der Waals surface area contributed by atoms with E-state index in [4.69, 9.17) is 0 Å². The quantitative estimate of drug-likeness (QED) is 0.609. The molecule has 0 heterocycles. The molecule has 2 aromatic rings. The van der Waals surface area contributed by atoms with E-state index in [-0.39, 0.29) is 23.6 Å². The van der Waals surface area contributed by atoms with Crippen LogP contribution in [0.15, 0.2) is 54.6 Å². The molecule has 0 spiro atoms. The number of nitro benzene ring substituents is 1. The van der Waals surface area contributed by atoms with Crippen molar-refractivity contribution in [1.82, 2.24) is 4.90 Å². The van der Waals surface area contributed by atoms with Crippen molar-refractivity contribution in [2.75, 3.05) is 7.05 Å². The molecule has 0 fully saturated rings. The van der Waals surface area contributed by atoms with Gasteiger partial charge in [0.2, 0.25) is 5.91 Å². The maximum Gasteiger partial charge on any atom is 0.269 e. The Morgan fingerprint density at radius 2 is 1.69 bits per heavy atom. The summed E-state index contributed by atoms with van der Waals surface area (Å²) in [4.78, 5) is 24.5. The Morgan fingerprint density at radius 1 is 1.12 bits per heavy atom. The van der Waals surface area contributed by atoms with Gasteiger partial charge in [0.15, 0.2) is 0 Å². The van der Waals surface area contributed by atoms with Gasteiger partial charge in [-0.1, -0.05) is 49.4 Å². The third-order valence-electron chi connectivity index (χ3n) is 4.67. The Bertz CT molecular complexity index is 746. The Hall–Kier alpha value is -2.73. The van der Waals surface area contributed by atoms with Gasteiger partial charge in [0.1, 0.15) is 0 Å². The topological polar surface area (TPSA) is 83.7 Å². The largest absolute Gasteiger partial charge is 0.386 e. The zero-order valence-corrected chi connectivity index (χ0v) is 15.2. The second kappa shape index (κ2) is 8.58. The minimum Gasteiger partial charge on any atom is -0.386 e. The van der Waals surface area contributed by atoms with Crippen LogP contribution >= 0.6 is 0 Å². The Labute approximate surface area is 153 Å². The number of likely N-dealkylation sites (N-methyl/N-ethyl adjacent to an activating group) is 1. The third-order valence-corrected chi connectivity index (χ3v) is 4.67. The summed E-state index contributed by atoms with van der Waals surface area (Å²) in [6.45, 7) is 3.63. The number of hydrogen-bond donors (Lipinski definition) is 1. The van der Waals surface area contributed by atoms with Gasteiger partial charge in [-0.05, 0) is 24.5 Å². The van der Waals surface area contributed by atoms with E-state index in [2.05, 4.69) is 0 Å². The number of carbonyl (C=O) groups excluding carboxylic acids is 1. The van der Waals surface area contributed by atoms with Crippen molar-refractivity contribution < 1.29 is 14.8 Å². The van der Waals surface area contributed by atoms with Gasteiger partial charge in [0.25, 0.3) is 5.69 Å². The van der Waals surface area contributed by atoms with Crippen LogP contribution in [-0.2, 0) is 11.2 Å². The van der Waals surface area contributed by atoms with Crippen molar-refractivity contribution in [3.63, 3.8) is 0 Å². The molecule has 138 valence electrons. The number of carbonyl (C=O) groups is 1. The summed E-state index contributed by atoms with van der Waals surface area (Å²) in [5.74, 6) is -0.377. The van der Waals surface area contributed by atoms with E-state index >= 15 is 0 Å². The number of amides is 1. The van der Waals surface area contributed by atoms with E-state index < -0.39 is 11.0 Å².